The number of rotatable bonds is 8. The Morgan fingerprint density at radius 1 is 1.14 bits per heavy atom. The van der Waals surface area contributed by atoms with Gasteiger partial charge in [0.2, 0.25) is 27.7 Å². The standard InChI is InChI=1S/C38H47N7O10S/c1-37(2,3)55-36(49)40-29-22-53-16-7-5-6-9-24-20-38(24,35(48)43-56(50,51)27-11-12-27)42-32(46)30-19-26(21-44(30)34(29)47)54-33-28-13-10-25(52-4)17-23(28)18-31(41-33)45-15-8-14-39-45/h6,8-10,13-15,17-18,24,26-27,29-30H,5,7,11-12,16,19-22H2,1-4H3,(H,40,49)(H,42,46)(H,43,48)/t24?,26?,29-,30-,38+/m0/s1. The molecule has 1 aromatic carbocycles. The lowest BCUT2D eigenvalue weighted by Gasteiger charge is -2.30. The van der Waals surface area contributed by atoms with E-state index in [9.17, 15) is 27.6 Å². The van der Waals surface area contributed by atoms with Gasteiger partial charge < -0.3 is 34.5 Å². The molecule has 1 saturated heterocycles. The molecule has 4 heterocycles. The Morgan fingerprint density at radius 2 is 1.95 bits per heavy atom. The third-order valence-electron chi connectivity index (χ3n) is 10.1. The molecule has 17 nitrogen and oxygen atoms in total. The van der Waals surface area contributed by atoms with Crippen LogP contribution < -0.4 is 24.8 Å². The normalized spacial score (nSPS) is 25.9. The average molecular weight is 794 g/mol. The fraction of sp³-hybridized carbons (Fsp3) is 0.526. The highest BCUT2D eigenvalue weighted by molar-refractivity contribution is 7.91. The topological polar surface area (TPSA) is 209 Å². The number of sulfonamides is 1. The highest BCUT2D eigenvalue weighted by Crippen LogP contribution is 2.46. The van der Waals surface area contributed by atoms with Crippen molar-refractivity contribution in [2.24, 2.45) is 5.92 Å². The molecule has 7 rings (SSSR count). The number of amides is 4. The van der Waals surface area contributed by atoms with E-state index in [1.807, 2.05) is 18.2 Å². The molecule has 2 unspecified atom stereocenters. The molecule has 2 aliphatic carbocycles. The van der Waals surface area contributed by atoms with Gasteiger partial charge in [0.05, 0.1) is 25.5 Å². The summed E-state index contributed by atoms with van der Waals surface area (Å²) >= 11 is 0. The summed E-state index contributed by atoms with van der Waals surface area (Å²) in [6.45, 7) is 5.03. The van der Waals surface area contributed by atoms with Crippen molar-refractivity contribution in [3.05, 3.63) is 54.9 Å². The molecule has 2 saturated carbocycles. The first-order valence-corrected chi connectivity index (χ1v) is 20.3. The minimum Gasteiger partial charge on any atom is -0.497 e. The number of ether oxygens (including phenoxy) is 4. The zero-order chi connectivity index (χ0) is 39.8. The van der Waals surface area contributed by atoms with E-state index in [-0.39, 0.29) is 38.5 Å². The van der Waals surface area contributed by atoms with E-state index in [0.29, 0.717) is 42.6 Å². The largest absolute Gasteiger partial charge is 0.497 e. The molecule has 3 N–H and O–H groups in total. The summed E-state index contributed by atoms with van der Waals surface area (Å²) in [4.78, 5) is 61.8. The first kappa shape index (κ1) is 39.0. The van der Waals surface area contributed by atoms with Gasteiger partial charge in [0.1, 0.15) is 35.1 Å². The van der Waals surface area contributed by atoms with Crippen molar-refractivity contribution in [1.29, 1.82) is 0 Å². The number of hydrogen-bond donors (Lipinski definition) is 3. The number of hydrogen-bond acceptors (Lipinski definition) is 12. The summed E-state index contributed by atoms with van der Waals surface area (Å²) in [5.41, 5.74) is -2.41. The maximum absolute atomic E-state index is 14.5. The lowest BCUT2D eigenvalue weighted by Crippen LogP contribution is -2.59. The Morgan fingerprint density at radius 3 is 2.66 bits per heavy atom. The SMILES string of the molecule is COc1ccc2c(OC3C[C@H]4C(=O)N[C@]5(C(=O)NS(=O)(=O)C6CC6)CC5C=CCCCOC[C@H](NC(=O)OC(C)(C)C)C(=O)N4C3)nc(-n3cccn3)cc2c1. The first-order chi connectivity index (χ1) is 26.7. The van der Waals surface area contributed by atoms with Gasteiger partial charge in [-0.25, -0.2) is 17.9 Å². The summed E-state index contributed by atoms with van der Waals surface area (Å²) in [5, 5.41) is 10.5. The molecule has 18 heteroatoms. The maximum Gasteiger partial charge on any atom is 0.408 e. The van der Waals surface area contributed by atoms with Crippen molar-refractivity contribution in [3.63, 3.8) is 0 Å². The summed E-state index contributed by atoms with van der Waals surface area (Å²) in [6, 6.07) is 6.53. The van der Waals surface area contributed by atoms with Crippen LogP contribution in [0, 0.1) is 5.92 Å². The lowest BCUT2D eigenvalue weighted by molar-refractivity contribution is -0.142. The minimum absolute atomic E-state index is 0.0263. The highest BCUT2D eigenvalue weighted by atomic mass is 32.2. The van der Waals surface area contributed by atoms with Gasteiger partial charge in [-0.1, -0.05) is 12.2 Å². The number of aromatic nitrogens is 3. The Labute approximate surface area is 324 Å². The molecule has 56 heavy (non-hydrogen) atoms. The van der Waals surface area contributed by atoms with Gasteiger partial charge in [0.25, 0.3) is 5.91 Å². The third-order valence-corrected chi connectivity index (χ3v) is 11.9. The van der Waals surface area contributed by atoms with E-state index < -0.39 is 74.3 Å². The molecular formula is C38H47N7O10S. The van der Waals surface area contributed by atoms with Crippen LogP contribution >= 0.6 is 0 Å². The van der Waals surface area contributed by atoms with Crippen LogP contribution in [0.4, 0.5) is 4.79 Å². The molecule has 0 radical (unpaired) electrons. The van der Waals surface area contributed by atoms with E-state index in [1.165, 1.54) is 4.90 Å². The fourth-order valence-corrected chi connectivity index (χ4v) is 8.38. The number of fused-ring (bicyclic) bond motifs is 3. The highest BCUT2D eigenvalue weighted by Gasteiger charge is 2.62. The third kappa shape index (κ3) is 8.60. The molecule has 300 valence electrons. The molecule has 3 aromatic rings. The number of benzene rings is 1. The Kier molecular flexibility index (Phi) is 10.7. The van der Waals surface area contributed by atoms with Crippen molar-refractivity contribution in [1.82, 2.24) is 35.0 Å². The predicted molar refractivity (Wildman–Crippen MR) is 201 cm³/mol. The number of nitrogens with zero attached hydrogens (tertiary/aromatic N) is 4. The van der Waals surface area contributed by atoms with Gasteiger partial charge in [0.15, 0.2) is 5.82 Å². The molecule has 4 aliphatic rings. The molecule has 2 aliphatic heterocycles. The number of carbonyl (C=O) groups excluding carboxylic acids is 4. The van der Waals surface area contributed by atoms with Crippen LogP contribution in [0.2, 0.25) is 0 Å². The summed E-state index contributed by atoms with van der Waals surface area (Å²) < 4.78 is 52.8. The van der Waals surface area contributed by atoms with E-state index in [1.54, 1.807) is 69.2 Å². The van der Waals surface area contributed by atoms with Gasteiger partial charge in [-0.3, -0.25) is 19.1 Å². The second-order valence-corrected chi connectivity index (χ2v) is 17.6. The minimum atomic E-state index is -3.92. The van der Waals surface area contributed by atoms with Crippen molar-refractivity contribution in [3.8, 4) is 17.4 Å². The van der Waals surface area contributed by atoms with E-state index in [0.717, 1.165) is 5.39 Å². The number of methoxy groups -OCH3 is 1. The van der Waals surface area contributed by atoms with Gasteiger partial charge in [0, 0.05) is 36.7 Å². The predicted octanol–water partition coefficient (Wildman–Crippen LogP) is 2.52. The van der Waals surface area contributed by atoms with Gasteiger partial charge in [-0.15, -0.1) is 0 Å². The van der Waals surface area contributed by atoms with E-state index >= 15 is 0 Å². The van der Waals surface area contributed by atoms with Crippen molar-refractivity contribution in [2.75, 3.05) is 26.9 Å². The smallest absolute Gasteiger partial charge is 0.408 e. The molecule has 2 aromatic heterocycles. The Hall–Kier alpha value is -5.23. The van der Waals surface area contributed by atoms with Crippen LogP contribution in [-0.2, 0) is 33.9 Å². The number of pyridine rings is 1. The second-order valence-electron chi connectivity index (χ2n) is 15.6. The monoisotopic (exact) mass is 793 g/mol. The first-order valence-electron chi connectivity index (χ1n) is 18.7. The number of alkyl carbamates (subject to hydrolysis) is 1. The Balaban J connectivity index is 1.22. The maximum atomic E-state index is 14.5. The van der Waals surface area contributed by atoms with Crippen LogP contribution in [0.15, 0.2) is 54.9 Å². The van der Waals surface area contributed by atoms with Gasteiger partial charge >= 0.3 is 6.09 Å². The molecule has 0 bridgehead atoms. The Bertz CT molecular complexity index is 2130. The molecule has 3 fully saturated rings. The van der Waals surface area contributed by atoms with Crippen molar-refractivity contribution < 1.29 is 46.5 Å². The molecular weight excluding hydrogens is 747 g/mol. The average Bonchev–Trinajstić information content (AvgIpc) is 4.00. The molecule has 4 amide bonds. The summed E-state index contributed by atoms with van der Waals surface area (Å²) in [5.74, 6) is -1.34. The van der Waals surface area contributed by atoms with Crippen LogP contribution in [0.25, 0.3) is 16.6 Å². The fourth-order valence-electron chi connectivity index (χ4n) is 7.02. The zero-order valence-corrected chi connectivity index (χ0v) is 32.5. The number of carbonyl (C=O) groups is 4. The van der Waals surface area contributed by atoms with E-state index in [2.05, 4.69) is 20.5 Å². The van der Waals surface area contributed by atoms with Crippen molar-refractivity contribution in [2.45, 2.75) is 93.9 Å². The van der Waals surface area contributed by atoms with Crippen LogP contribution in [0.3, 0.4) is 0 Å². The van der Waals surface area contributed by atoms with Gasteiger partial charge in [-0.05, 0) is 88.6 Å². The number of allylic oxidation sites excluding steroid dienone is 1. The van der Waals surface area contributed by atoms with E-state index in [4.69, 9.17) is 23.9 Å². The summed E-state index contributed by atoms with van der Waals surface area (Å²) in [7, 11) is -2.36. The quantitative estimate of drug-likeness (QED) is 0.281. The van der Waals surface area contributed by atoms with Crippen LogP contribution in [0.5, 0.6) is 11.6 Å². The zero-order valence-electron chi connectivity index (χ0n) is 31.7. The molecule has 0 spiro atoms. The van der Waals surface area contributed by atoms with Crippen LogP contribution in [0.1, 0.15) is 59.3 Å². The second kappa shape index (κ2) is 15.4. The van der Waals surface area contributed by atoms with Gasteiger partial charge in [-0.2, -0.15) is 10.1 Å². The summed E-state index contributed by atoms with van der Waals surface area (Å²) in [6.07, 6.45) is 7.54. The number of nitrogens with one attached hydrogen (secondary N) is 3. The van der Waals surface area contributed by atoms with Crippen LogP contribution in [-0.4, -0.2) is 113 Å². The van der Waals surface area contributed by atoms with Crippen molar-refractivity contribution >= 4 is 44.6 Å². The lowest BCUT2D eigenvalue weighted by atomic mass is 10.1. The molecule has 5 atom stereocenters.